The van der Waals surface area contributed by atoms with E-state index in [1.807, 2.05) is 11.0 Å². The van der Waals surface area contributed by atoms with Gasteiger partial charge in [-0.25, -0.2) is 18.2 Å². The fourth-order valence-electron chi connectivity index (χ4n) is 5.62. The molecule has 10 heteroatoms. The first-order valence-corrected chi connectivity index (χ1v) is 13.2. The van der Waals surface area contributed by atoms with Crippen molar-refractivity contribution in [1.29, 1.82) is 5.26 Å². The molecule has 1 aromatic carbocycles. The van der Waals surface area contributed by atoms with Crippen LogP contribution in [0.1, 0.15) is 31.0 Å². The first-order chi connectivity index (χ1) is 18.8. The number of anilines is 2. The largest absolute Gasteiger partial charge is 0.376 e. The zero-order chi connectivity index (χ0) is 27.5. The molecule has 0 amide bonds. The fraction of sp³-hybridized carbons (Fsp3) is 0.414. The number of piperidine rings is 1. The van der Waals surface area contributed by atoms with Crippen LogP contribution in [-0.2, 0) is 13.1 Å². The number of nitrogens with zero attached hydrogens (tertiary/aromatic N) is 5. The molecule has 2 saturated heterocycles. The van der Waals surface area contributed by atoms with Gasteiger partial charge < -0.3 is 16.0 Å². The number of pyridine rings is 2. The maximum absolute atomic E-state index is 15.1. The molecular weight excluding hydrogens is 503 g/mol. The molecule has 39 heavy (non-hydrogen) atoms. The summed E-state index contributed by atoms with van der Waals surface area (Å²) in [6, 6.07) is 9.34. The molecule has 4 heterocycles. The van der Waals surface area contributed by atoms with Crippen molar-refractivity contribution in [1.82, 2.24) is 14.9 Å². The van der Waals surface area contributed by atoms with Crippen molar-refractivity contribution in [2.75, 3.05) is 36.4 Å². The zero-order valence-corrected chi connectivity index (χ0v) is 21.9. The van der Waals surface area contributed by atoms with Crippen LogP contribution in [0.2, 0.25) is 0 Å². The van der Waals surface area contributed by atoms with Crippen molar-refractivity contribution < 1.29 is 13.2 Å². The van der Waals surface area contributed by atoms with Crippen molar-refractivity contribution in [3.63, 3.8) is 0 Å². The second-order valence-corrected chi connectivity index (χ2v) is 10.7. The van der Waals surface area contributed by atoms with E-state index < -0.39 is 23.0 Å². The Kier molecular flexibility index (Phi) is 8.00. The predicted octanol–water partition coefficient (Wildman–Crippen LogP) is 4.69. The average Bonchev–Trinajstić information content (AvgIpc) is 3.35. The van der Waals surface area contributed by atoms with Gasteiger partial charge in [-0.05, 0) is 61.2 Å². The lowest BCUT2D eigenvalue weighted by molar-refractivity contribution is 0.324. The summed E-state index contributed by atoms with van der Waals surface area (Å²) < 4.78 is 45.1. The van der Waals surface area contributed by atoms with Gasteiger partial charge in [0.25, 0.3) is 0 Å². The number of likely N-dealkylation sites (tertiary alicyclic amines) is 1. The van der Waals surface area contributed by atoms with Crippen LogP contribution in [0.4, 0.5) is 24.5 Å². The molecule has 2 aliphatic rings. The maximum Gasteiger partial charge on any atom is 0.149 e. The van der Waals surface area contributed by atoms with E-state index in [1.165, 1.54) is 24.3 Å². The van der Waals surface area contributed by atoms with Crippen LogP contribution in [0, 0.1) is 40.6 Å². The third-order valence-electron chi connectivity index (χ3n) is 7.39. The van der Waals surface area contributed by atoms with Gasteiger partial charge in [-0.15, -0.1) is 0 Å². The Hall–Kier alpha value is -3.68. The minimum Gasteiger partial charge on any atom is -0.376 e. The Labute approximate surface area is 226 Å². The minimum absolute atomic E-state index is 0.0719. The molecule has 204 valence electrons. The van der Waals surface area contributed by atoms with Crippen molar-refractivity contribution in [3.8, 4) is 17.3 Å². The summed E-state index contributed by atoms with van der Waals surface area (Å²) in [7, 11) is 0. The number of hydrogen-bond donors (Lipinski definition) is 2. The summed E-state index contributed by atoms with van der Waals surface area (Å²) in [6.45, 7) is 5.55. The van der Waals surface area contributed by atoms with Crippen molar-refractivity contribution in [2.24, 2.45) is 17.6 Å². The molecule has 7 nitrogen and oxygen atoms in total. The molecular formula is C29H32F3N7. The zero-order valence-electron chi connectivity index (χ0n) is 21.9. The lowest BCUT2D eigenvalue weighted by atomic mass is 9.96. The van der Waals surface area contributed by atoms with Crippen LogP contribution in [-0.4, -0.2) is 47.1 Å². The van der Waals surface area contributed by atoms with Crippen LogP contribution in [0.15, 0.2) is 42.7 Å². The molecule has 0 radical (unpaired) electrons. The topological polar surface area (TPSA) is 94.1 Å². The highest BCUT2D eigenvalue weighted by Gasteiger charge is 2.25. The van der Waals surface area contributed by atoms with Gasteiger partial charge in [-0.1, -0.05) is 6.92 Å². The molecule has 2 fully saturated rings. The molecule has 0 spiro atoms. The normalized spacial score (nSPS) is 21.6. The summed E-state index contributed by atoms with van der Waals surface area (Å²) in [6.07, 6.45) is 5.14. The van der Waals surface area contributed by atoms with E-state index in [1.54, 1.807) is 12.4 Å². The third kappa shape index (κ3) is 6.15. The number of aromatic nitrogens is 2. The second kappa shape index (κ2) is 11.6. The summed E-state index contributed by atoms with van der Waals surface area (Å²) in [5.41, 5.74) is 7.96. The Bertz CT molecular complexity index is 1340. The van der Waals surface area contributed by atoms with Gasteiger partial charge in [-0.3, -0.25) is 9.88 Å². The Morgan fingerprint density at radius 2 is 1.90 bits per heavy atom. The molecule has 3 unspecified atom stereocenters. The second-order valence-electron chi connectivity index (χ2n) is 10.7. The lowest BCUT2D eigenvalue weighted by Gasteiger charge is -2.37. The van der Waals surface area contributed by atoms with Crippen molar-refractivity contribution in [3.05, 3.63) is 71.4 Å². The number of hydrogen-bond acceptors (Lipinski definition) is 7. The predicted molar refractivity (Wildman–Crippen MR) is 144 cm³/mol. The van der Waals surface area contributed by atoms with E-state index in [0.29, 0.717) is 36.8 Å². The van der Waals surface area contributed by atoms with Crippen LogP contribution in [0.5, 0.6) is 0 Å². The number of nitrogens with two attached hydrogens (primary N) is 1. The van der Waals surface area contributed by atoms with Gasteiger partial charge >= 0.3 is 0 Å². The Morgan fingerprint density at radius 3 is 2.62 bits per heavy atom. The van der Waals surface area contributed by atoms with Gasteiger partial charge in [-0.2, -0.15) is 5.26 Å². The summed E-state index contributed by atoms with van der Waals surface area (Å²) >= 11 is 0. The first-order valence-electron chi connectivity index (χ1n) is 13.2. The number of nitrogens with one attached hydrogen (secondary N) is 1. The highest BCUT2D eigenvalue weighted by Crippen LogP contribution is 2.31. The minimum atomic E-state index is -0.873. The Balaban J connectivity index is 1.33. The van der Waals surface area contributed by atoms with Crippen molar-refractivity contribution >= 4 is 11.4 Å². The van der Waals surface area contributed by atoms with Crippen LogP contribution >= 0.6 is 0 Å². The molecule has 3 atom stereocenters. The summed E-state index contributed by atoms with van der Waals surface area (Å²) in [4.78, 5) is 12.7. The van der Waals surface area contributed by atoms with E-state index in [4.69, 9.17) is 11.0 Å². The maximum atomic E-state index is 15.1. The molecule has 3 aromatic rings. The van der Waals surface area contributed by atoms with Gasteiger partial charge in [0.05, 0.1) is 47.4 Å². The highest BCUT2D eigenvalue weighted by molar-refractivity contribution is 5.69. The van der Waals surface area contributed by atoms with Gasteiger partial charge in [0.2, 0.25) is 0 Å². The quantitative estimate of drug-likeness (QED) is 0.453. The molecule has 2 aromatic heterocycles. The summed E-state index contributed by atoms with van der Waals surface area (Å²) in [5.74, 6) is -2.17. The van der Waals surface area contributed by atoms with Crippen LogP contribution in [0.3, 0.4) is 0 Å². The van der Waals surface area contributed by atoms with Gasteiger partial charge in [0.1, 0.15) is 23.1 Å². The first kappa shape index (κ1) is 26.9. The number of halogens is 3. The van der Waals surface area contributed by atoms with Crippen molar-refractivity contribution in [2.45, 2.75) is 38.9 Å². The molecule has 3 N–H and O–H groups in total. The SMILES string of the molecule is CC1CC(N)CN(c2ccncc2NCc2ccc(F)c(-c3c(F)cc(CN4CCC(C#N)C4)cc3F)n2)C1. The number of nitriles is 1. The molecule has 5 rings (SSSR count). The summed E-state index contributed by atoms with van der Waals surface area (Å²) in [5, 5.41) is 12.4. The number of rotatable bonds is 7. The average molecular weight is 536 g/mol. The number of benzene rings is 1. The molecule has 0 aliphatic carbocycles. The smallest absolute Gasteiger partial charge is 0.149 e. The lowest BCUT2D eigenvalue weighted by Crippen LogP contribution is -2.46. The van der Waals surface area contributed by atoms with Crippen LogP contribution in [0.25, 0.3) is 11.3 Å². The molecule has 2 aliphatic heterocycles. The van der Waals surface area contributed by atoms with E-state index in [2.05, 4.69) is 33.2 Å². The van der Waals surface area contributed by atoms with Crippen LogP contribution < -0.4 is 16.0 Å². The van der Waals surface area contributed by atoms with E-state index >= 15 is 8.78 Å². The van der Waals surface area contributed by atoms with Gasteiger partial charge in [0, 0.05) is 38.4 Å². The van der Waals surface area contributed by atoms with E-state index in [-0.39, 0.29) is 24.2 Å². The molecule has 0 saturated carbocycles. The fourth-order valence-corrected chi connectivity index (χ4v) is 5.62. The molecule has 0 bridgehead atoms. The monoisotopic (exact) mass is 535 g/mol. The van der Waals surface area contributed by atoms with E-state index in [0.717, 1.165) is 37.3 Å². The third-order valence-corrected chi connectivity index (χ3v) is 7.39. The van der Waals surface area contributed by atoms with E-state index in [9.17, 15) is 4.39 Å². The Morgan fingerprint density at radius 1 is 1.10 bits per heavy atom. The standard InChI is InChI=1S/C29H32F3N7/c1-18-8-21(34)17-39(14-18)27-4-6-35-13-26(27)36-12-22-2-3-23(30)29(37-22)28-24(31)9-20(10-25(28)32)16-38-7-5-19(11-33)15-38/h2-4,6,9-10,13,18-19,21,36H,5,7-8,12,14-17,34H2,1H3. The van der Waals surface area contributed by atoms with Gasteiger partial charge in [0.15, 0.2) is 0 Å². The highest BCUT2D eigenvalue weighted by atomic mass is 19.1.